The lowest BCUT2D eigenvalue weighted by molar-refractivity contribution is 0.937. The first-order valence-corrected chi connectivity index (χ1v) is 4.50. The van der Waals surface area contributed by atoms with Gasteiger partial charge < -0.3 is 0 Å². The molecule has 2 aromatic heterocycles. The van der Waals surface area contributed by atoms with Gasteiger partial charge in [-0.05, 0) is 31.9 Å². The average Bonchev–Trinajstić information content (AvgIpc) is 2.32. The van der Waals surface area contributed by atoms with Crippen LogP contribution in [0.2, 0.25) is 0 Å². The average molecular weight is 277 g/mol. The van der Waals surface area contributed by atoms with Crippen LogP contribution in [0.5, 0.6) is 0 Å². The van der Waals surface area contributed by atoms with Gasteiger partial charge in [0.05, 0.1) is 28.6 Å². The van der Waals surface area contributed by atoms with Crippen molar-refractivity contribution in [3.63, 3.8) is 0 Å². The van der Waals surface area contributed by atoms with Crippen LogP contribution in [0.1, 0.15) is 0 Å². The lowest BCUT2D eigenvalue weighted by Gasteiger charge is -1.92. The summed E-state index contributed by atoms with van der Waals surface area (Å²) in [7, 11) is 0. The van der Waals surface area contributed by atoms with Crippen molar-refractivity contribution >= 4 is 37.4 Å². The standard InChI is InChI=1S/C6H3Br2N3/c7-4-1-10-11-3-6(8)9-2-5(4)11/h1-3H. The molecule has 0 saturated carbocycles. The fourth-order valence-electron chi connectivity index (χ4n) is 0.831. The van der Waals surface area contributed by atoms with Crippen LogP contribution in [0, 0.1) is 0 Å². The summed E-state index contributed by atoms with van der Waals surface area (Å²) in [6.45, 7) is 0. The van der Waals surface area contributed by atoms with Gasteiger partial charge >= 0.3 is 0 Å². The lowest BCUT2D eigenvalue weighted by Crippen LogP contribution is -1.87. The summed E-state index contributed by atoms with van der Waals surface area (Å²) in [6, 6.07) is 0. The Hall–Kier alpha value is -0.420. The van der Waals surface area contributed by atoms with Gasteiger partial charge in [0.15, 0.2) is 0 Å². The minimum absolute atomic E-state index is 0.778. The first kappa shape index (κ1) is 7.24. The minimum atomic E-state index is 0.778. The Morgan fingerprint density at radius 2 is 2.09 bits per heavy atom. The third-order valence-corrected chi connectivity index (χ3v) is 2.35. The van der Waals surface area contributed by atoms with Crippen LogP contribution in [-0.4, -0.2) is 14.6 Å². The maximum Gasteiger partial charge on any atom is 0.124 e. The van der Waals surface area contributed by atoms with Crippen LogP contribution in [0.25, 0.3) is 5.52 Å². The number of fused-ring (bicyclic) bond motifs is 1. The van der Waals surface area contributed by atoms with Gasteiger partial charge in [0.25, 0.3) is 0 Å². The molecule has 56 valence electrons. The third kappa shape index (κ3) is 1.18. The van der Waals surface area contributed by atoms with E-state index < -0.39 is 0 Å². The van der Waals surface area contributed by atoms with Crippen LogP contribution in [0.3, 0.4) is 0 Å². The highest BCUT2D eigenvalue weighted by Crippen LogP contribution is 2.17. The largest absolute Gasteiger partial charge is 0.245 e. The molecule has 0 saturated heterocycles. The van der Waals surface area contributed by atoms with Gasteiger partial charge in [0.2, 0.25) is 0 Å². The molecule has 0 amide bonds. The number of rotatable bonds is 0. The molecule has 0 aliphatic carbocycles. The zero-order valence-corrected chi connectivity index (χ0v) is 8.50. The van der Waals surface area contributed by atoms with Gasteiger partial charge in [-0.15, -0.1) is 0 Å². The normalized spacial score (nSPS) is 10.7. The molecule has 0 atom stereocenters. The fraction of sp³-hybridized carbons (Fsp3) is 0. The van der Waals surface area contributed by atoms with E-state index in [-0.39, 0.29) is 0 Å². The molecule has 2 heterocycles. The number of hydrogen-bond donors (Lipinski definition) is 0. The summed E-state index contributed by atoms with van der Waals surface area (Å²) < 4.78 is 3.49. The fourth-order valence-corrected chi connectivity index (χ4v) is 1.50. The zero-order chi connectivity index (χ0) is 7.84. The van der Waals surface area contributed by atoms with Gasteiger partial charge in [-0.2, -0.15) is 5.10 Å². The van der Waals surface area contributed by atoms with Crippen molar-refractivity contribution in [2.45, 2.75) is 0 Å². The van der Waals surface area contributed by atoms with E-state index in [4.69, 9.17) is 0 Å². The molecule has 0 aliphatic heterocycles. The summed E-state index contributed by atoms with van der Waals surface area (Å²) >= 11 is 6.61. The number of nitrogens with zero attached hydrogens (tertiary/aromatic N) is 3. The van der Waals surface area contributed by atoms with E-state index in [0.29, 0.717) is 0 Å². The van der Waals surface area contributed by atoms with Crippen molar-refractivity contribution in [3.05, 3.63) is 27.7 Å². The van der Waals surface area contributed by atoms with E-state index in [9.17, 15) is 0 Å². The Bertz CT molecular complexity index is 396. The zero-order valence-electron chi connectivity index (χ0n) is 5.33. The van der Waals surface area contributed by atoms with E-state index in [0.717, 1.165) is 14.6 Å². The van der Waals surface area contributed by atoms with Crippen LogP contribution in [0.15, 0.2) is 27.7 Å². The van der Waals surface area contributed by atoms with E-state index in [1.165, 1.54) is 0 Å². The lowest BCUT2D eigenvalue weighted by atomic mass is 10.5. The van der Waals surface area contributed by atoms with Gasteiger partial charge in [0.1, 0.15) is 4.60 Å². The Balaban J connectivity index is 2.86. The molecule has 0 unspecified atom stereocenters. The molecule has 2 rings (SSSR count). The highest BCUT2D eigenvalue weighted by molar-refractivity contribution is 9.10. The van der Waals surface area contributed by atoms with Crippen molar-refractivity contribution < 1.29 is 0 Å². The van der Waals surface area contributed by atoms with E-state index in [1.54, 1.807) is 23.1 Å². The Kier molecular flexibility index (Phi) is 1.69. The number of hydrogen-bond acceptors (Lipinski definition) is 2. The van der Waals surface area contributed by atoms with Crippen molar-refractivity contribution in [1.29, 1.82) is 0 Å². The van der Waals surface area contributed by atoms with Crippen LogP contribution in [-0.2, 0) is 0 Å². The predicted molar refractivity (Wildman–Crippen MR) is 48.4 cm³/mol. The summed E-state index contributed by atoms with van der Waals surface area (Å²) in [5.41, 5.74) is 0.966. The van der Waals surface area contributed by atoms with Crippen molar-refractivity contribution in [2.75, 3.05) is 0 Å². The molecule has 3 nitrogen and oxygen atoms in total. The Morgan fingerprint density at radius 1 is 1.27 bits per heavy atom. The van der Waals surface area contributed by atoms with Gasteiger partial charge in [-0.1, -0.05) is 0 Å². The molecule has 2 aromatic rings. The van der Waals surface area contributed by atoms with Crippen LogP contribution in [0.4, 0.5) is 0 Å². The van der Waals surface area contributed by atoms with Crippen LogP contribution < -0.4 is 0 Å². The Labute approximate surface area is 79.7 Å². The summed E-state index contributed by atoms with van der Waals surface area (Å²) in [5.74, 6) is 0. The van der Waals surface area contributed by atoms with E-state index >= 15 is 0 Å². The molecule has 0 radical (unpaired) electrons. The minimum Gasteiger partial charge on any atom is -0.245 e. The van der Waals surface area contributed by atoms with Crippen molar-refractivity contribution in [2.24, 2.45) is 0 Å². The highest BCUT2D eigenvalue weighted by Gasteiger charge is 1.99. The van der Waals surface area contributed by atoms with E-state index in [1.807, 2.05) is 0 Å². The molecule has 11 heavy (non-hydrogen) atoms. The molecular weight excluding hydrogens is 274 g/mol. The SMILES string of the molecule is Brc1cn2ncc(Br)c2cn1. The molecular formula is C6H3Br2N3. The molecule has 0 bridgehead atoms. The molecule has 0 fully saturated rings. The Morgan fingerprint density at radius 3 is 2.91 bits per heavy atom. The van der Waals surface area contributed by atoms with E-state index in [2.05, 4.69) is 41.9 Å². The maximum atomic E-state index is 4.08. The second-order valence-corrected chi connectivity index (χ2v) is 3.70. The summed E-state index contributed by atoms with van der Waals surface area (Å²) in [5, 5.41) is 4.08. The van der Waals surface area contributed by atoms with Crippen LogP contribution >= 0.6 is 31.9 Å². The summed E-state index contributed by atoms with van der Waals surface area (Å²) in [6.07, 6.45) is 5.30. The molecule has 0 spiro atoms. The topological polar surface area (TPSA) is 30.2 Å². The molecule has 0 aliphatic rings. The third-order valence-electron chi connectivity index (χ3n) is 1.33. The molecule has 5 heteroatoms. The quantitative estimate of drug-likeness (QED) is 0.739. The van der Waals surface area contributed by atoms with Gasteiger partial charge in [0, 0.05) is 0 Å². The monoisotopic (exact) mass is 275 g/mol. The van der Waals surface area contributed by atoms with Gasteiger partial charge in [-0.25, -0.2) is 9.50 Å². The molecule has 0 N–H and O–H groups in total. The molecule has 0 aromatic carbocycles. The number of aromatic nitrogens is 3. The first-order valence-electron chi connectivity index (χ1n) is 2.92. The van der Waals surface area contributed by atoms with Gasteiger partial charge in [-0.3, -0.25) is 0 Å². The second-order valence-electron chi connectivity index (χ2n) is 2.03. The highest BCUT2D eigenvalue weighted by atomic mass is 79.9. The number of halogens is 2. The maximum absolute atomic E-state index is 4.08. The second kappa shape index (κ2) is 2.57. The van der Waals surface area contributed by atoms with Crippen molar-refractivity contribution in [1.82, 2.24) is 14.6 Å². The first-order chi connectivity index (χ1) is 5.27. The smallest absolute Gasteiger partial charge is 0.124 e. The van der Waals surface area contributed by atoms with Crippen molar-refractivity contribution in [3.8, 4) is 0 Å². The summed E-state index contributed by atoms with van der Waals surface area (Å²) in [4.78, 5) is 4.07. The predicted octanol–water partition coefficient (Wildman–Crippen LogP) is 2.25.